The standard InChI is InChI=1S/C15H21F2N/c1-10-3-5-11(6-4-10)15(18-2)13-8-7-12(16)9-14(13)17/h7-11,15,18H,3-6H2,1-2H3. The van der Waals surface area contributed by atoms with Crippen molar-refractivity contribution < 1.29 is 8.78 Å². The van der Waals surface area contributed by atoms with Gasteiger partial charge in [0, 0.05) is 17.7 Å². The normalized spacial score (nSPS) is 26.0. The molecule has 0 saturated heterocycles. The zero-order chi connectivity index (χ0) is 13.1. The van der Waals surface area contributed by atoms with Gasteiger partial charge in [-0.2, -0.15) is 0 Å². The van der Waals surface area contributed by atoms with Crippen LogP contribution in [0.3, 0.4) is 0 Å². The van der Waals surface area contributed by atoms with Gasteiger partial charge < -0.3 is 5.32 Å². The summed E-state index contributed by atoms with van der Waals surface area (Å²) in [5.41, 5.74) is 0.596. The third-order valence-corrected chi connectivity index (χ3v) is 4.14. The monoisotopic (exact) mass is 253 g/mol. The third kappa shape index (κ3) is 2.89. The van der Waals surface area contributed by atoms with Crippen LogP contribution in [0.5, 0.6) is 0 Å². The summed E-state index contributed by atoms with van der Waals surface area (Å²) < 4.78 is 26.8. The van der Waals surface area contributed by atoms with Crippen LogP contribution >= 0.6 is 0 Å². The van der Waals surface area contributed by atoms with Crippen molar-refractivity contribution in [3.8, 4) is 0 Å². The number of rotatable bonds is 3. The van der Waals surface area contributed by atoms with Gasteiger partial charge in [0.05, 0.1) is 0 Å². The molecule has 3 heteroatoms. The van der Waals surface area contributed by atoms with Crippen LogP contribution in [-0.2, 0) is 0 Å². The molecule has 1 N–H and O–H groups in total. The van der Waals surface area contributed by atoms with E-state index in [1.165, 1.54) is 18.9 Å². The maximum absolute atomic E-state index is 13.8. The molecule has 1 aliphatic rings. The van der Waals surface area contributed by atoms with Gasteiger partial charge in [-0.25, -0.2) is 8.78 Å². The number of hydrogen-bond acceptors (Lipinski definition) is 1. The van der Waals surface area contributed by atoms with Gasteiger partial charge in [0.15, 0.2) is 0 Å². The Labute approximate surface area is 108 Å². The molecule has 1 unspecified atom stereocenters. The Bertz CT molecular complexity index is 397. The molecule has 1 fully saturated rings. The molecule has 1 saturated carbocycles. The van der Waals surface area contributed by atoms with Gasteiger partial charge >= 0.3 is 0 Å². The van der Waals surface area contributed by atoms with E-state index in [0.29, 0.717) is 11.5 Å². The summed E-state index contributed by atoms with van der Waals surface area (Å²) in [4.78, 5) is 0. The molecule has 1 aliphatic carbocycles. The SMILES string of the molecule is CNC(c1ccc(F)cc1F)C1CCC(C)CC1. The van der Waals surface area contributed by atoms with Crippen LogP contribution in [0, 0.1) is 23.5 Å². The zero-order valence-electron chi connectivity index (χ0n) is 11.0. The lowest BCUT2D eigenvalue weighted by Crippen LogP contribution is -2.29. The van der Waals surface area contributed by atoms with Crippen LogP contribution in [0.1, 0.15) is 44.2 Å². The molecule has 0 aromatic heterocycles. The summed E-state index contributed by atoms with van der Waals surface area (Å²) in [5.74, 6) is 0.277. The zero-order valence-corrected chi connectivity index (χ0v) is 11.0. The van der Waals surface area contributed by atoms with Crippen molar-refractivity contribution >= 4 is 0 Å². The Morgan fingerprint density at radius 1 is 1.17 bits per heavy atom. The lowest BCUT2D eigenvalue weighted by molar-refractivity contribution is 0.235. The highest BCUT2D eigenvalue weighted by atomic mass is 19.1. The van der Waals surface area contributed by atoms with Crippen molar-refractivity contribution in [3.63, 3.8) is 0 Å². The molecule has 0 heterocycles. The summed E-state index contributed by atoms with van der Waals surface area (Å²) in [7, 11) is 1.85. The number of hydrogen-bond donors (Lipinski definition) is 1. The average Bonchev–Trinajstić information content (AvgIpc) is 2.35. The van der Waals surface area contributed by atoms with E-state index in [9.17, 15) is 8.78 Å². The topological polar surface area (TPSA) is 12.0 Å². The van der Waals surface area contributed by atoms with E-state index in [1.54, 1.807) is 6.07 Å². The largest absolute Gasteiger partial charge is 0.313 e. The first-order chi connectivity index (χ1) is 8.61. The van der Waals surface area contributed by atoms with E-state index in [0.717, 1.165) is 24.8 Å². The lowest BCUT2D eigenvalue weighted by atomic mass is 9.77. The number of halogens is 2. The smallest absolute Gasteiger partial charge is 0.130 e. The first-order valence-corrected chi connectivity index (χ1v) is 6.74. The Balaban J connectivity index is 2.17. The van der Waals surface area contributed by atoms with Crippen molar-refractivity contribution in [2.45, 2.75) is 38.6 Å². The minimum atomic E-state index is -0.511. The summed E-state index contributed by atoms with van der Waals surface area (Å²) >= 11 is 0. The molecule has 0 aliphatic heterocycles. The highest BCUT2D eigenvalue weighted by Crippen LogP contribution is 2.37. The fraction of sp³-hybridized carbons (Fsp3) is 0.600. The van der Waals surface area contributed by atoms with Gasteiger partial charge in [-0.3, -0.25) is 0 Å². The third-order valence-electron chi connectivity index (χ3n) is 4.14. The average molecular weight is 253 g/mol. The van der Waals surface area contributed by atoms with E-state index in [2.05, 4.69) is 12.2 Å². The molecule has 0 radical (unpaired) electrons. The van der Waals surface area contributed by atoms with Crippen LogP contribution < -0.4 is 5.32 Å². The molecule has 0 bridgehead atoms. The van der Waals surface area contributed by atoms with Crippen LogP contribution in [0.15, 0.2) is 18.2 Å². The molecule has 0 amide bonds. The van der Waals surface area contributed by atoms with Gasteiger partial charge in [0.1, 0.15) is 11.6 Å². The number of nitrogens with one attached hydrogen (secondary N) is 1. The molecule has 100 valence electrons. The second kappa shape index (κ2) is 5.79. The molecular formula is C15H21F2N. The molecule has 1 nitrogen and oxygen atoms in total. The summed E-state index contributed by atoms with van der Waals surface area (Å²) in [6, 6.07) is 3.89. The summed E-state index contributed by atoms with van der Waals surface area (Å²) in [6.07, 6.45) is 4.63. The molecule has 1 aromatic carbocycles. The van der Waals surface area contributed by atoms with Gasteiger partial charge in [-0.1, -0.05) is 25.8 Å². The Morgan fingerprint density at radius 2 is 1.83 bits per heavy atom. The van der Waals surface area contributed by atoms with Crippen LogP contribution in [0.25, 0.3) is 0 Å². The molecule has 1 atom stereocenters. The predicted molar refractivity (Wildman–Crippen MR) is 69.3 cm³/mol. The Morgan fingerprint density at radius 3 is 2.39 bits per heavy atom. The summed E-state index contributed by atoms with van der Waals surface area (Å²) in [5, 5.41) is 3.20. The van der Waals surface area contributed by atoms with Crippen LogP contribution in [-0.4, -0.2) is 7.05 Å². The second-order valence-corrected chi connectivity index (χ2v) is 5.45. The van der Waals surface area contributed by atoms with Crippen molar-refractivity contribution in [1.82, 2.24) is 5.32 Å². The van der Waals surface area contributed by atoms with Gasteiger partial charge in [0.2, 0.25) is 0 Å². The number of benzene rings is 1. The fourth-order valence-electron chi connectivity index (χ4n) is 3.02. The van der Waals surface area contributed by atoms with Crippen molar-refractivity contribution in [1.29, 1.82) is 0 Å². The van der Waals surface area contributed by atoms with Gasteiger partial charge in [-0.15, -0.1) is 0 Å². The Kier molecular flexibility index (Phi) is 4.33. The molecule has 18 heavy (non-hydrogen) atoms. The minimum absolute atomic E-state index is 0.00176. The minimum Gasteiger partial charge on any atom is -0.313 e. The van der Waals surface area contributed by atoms with Gasteiger partial charge in [0.25, 0.3) is 0 Å². The quantitative estimate of drug-likeness (QED) is 0.857. The maximum Gasteiger partial charge on any atom is 0.130 e. The summed E-state index contributed by atoms with van der Waals surface area (Å²) in [6.45, 7) is 2.27. The van der Waals surface area contributed by atoms with Crippen molar-refractivity contribution in [2.75, 3.05) is 7.05 Å². The highest BCUT2D eigenvalue weighted by Gasteiger charge is 2.27. The molecule has 0 spiro atoms. The van der Waals surface area contributed by atoms with E-state index in [1.807, 2.05) is 7.05 Å². The Hall–Kier alpha value is -0.960. The van der Waals surface area contributed by atoms with Gasteiger partial charge in [-0.05, 0) is 37.8 Å². The molecule has 2 rings (SSSR count). The molecular weight excluding hydrogens is 232 g/mol. The highest BCUT2D eigenvalue weighted by molar-refractivity contribution is 5.23. The first kappa shape index (κ1) is 13.5. The van der Waals surface area contributed by atoms with Crippen molar-refractivity contribution in [2.24, 2.45) is 11.8 Å². The van der Waals surface area contributed by atoms with E-state index in [4.69, 9.17) is 0 Å². The fourth-order valence-corrected chi connectivity index (χ4v) is 3.02. The van der Waals surface area contributed by atoms with Crippen LogP contribution in [0.2, 0.25) is 0 Å². The maximum atomic E-state index is 13.8. The lowest BCUT2D eigenvalue weighted by Gasteiger charge is -2.33. The van der Waals surface area contributed by atoms with E-state index < -0.39 is 11.6 Å². The van der Waals surface area contributed by atoms with Crippen molar-refractivity contribution in [3.05, 3.63) is 35.4 Å². The second-order valence-electron chi connectivity index (χ2n) is 5.45. The predicted octanol–water partition coefficient (Wildman–Crippen LogP) is 4.05. The molecule has 1 aromatic rings. The first-order valence-electron chi connectivity index (χ1n) is 6.74. The van der Waals surface area contributed by atoms with Crippen LogP contribution in [0.4, 0.5) is 8.78 Å². The van der Waals surface area contributed by atoms with E-state index >= 15 is 0 Å². The van der Waals surface area contributed by atoms with E-state index in [-0.39, 0.29) is 6.04 Å².